The van der Waals surface area contributed by atoms with Gasteiger partial charge in [-0.3, -0.25) is 14.9 Å². The summed E-state index contributed by atoms with van der Waals surface area (Å²) >= 11 is 0. The van der Waals surface area contributed by atoms with Crippen LogP contribution in [-0.4, -0.2) is 41.6 Å². The molecule has 7 heteroatoms. The fraction of sp³-hybridized carbons (Fsp3) is 0.389. The maximum atomic E-state index is 12.1. The van der Waals surface area contributed by atoms with Crippen molar-refractivity contribution < 1.29 is 19.1 Å². The van der Waals surface area contributed by atoms with Gasteiger partial charge in [-0.25, -0.2) is 4.99 Å². The summed E-state index contributed by atoms with van der Waals surface area (Å²) in [4.78, 5) is 30.3. The van der Waals surface area contributed by atoms with Crippen LogP contribution in [0.5, 0.6) is 0 Å². The summed E-state index contributed by atoms with van der Waals surface area (Å²) < 4.78 is 10.6. The zero-order valence-electron chi connectivity index (χ0n) is 14.5. The molecular formula is C18H21N3O4. The molecule has 1 atom stereocenters. The molecule has 1 aromatic carbocycles. The van der Waals surface area contributed by atoms with Crippen molar-refractivity contribution in [2.24, 2.45) is 4.99 Å². The van der Waals surface area contributed by atoms with E-state index in [0.29, 0.717) is 0 Å². The van der Waals surface area contributed by atoms with E-state index in [2.05, 4.69) is 15.3 Å². The minimum absolute atomic E-state index is 0.0253. The minimum Gasteiger partial charge on any atom is -0.458 e. The van der Waals surface area contributed by atoms with Crippen LogP contribution in [0.25, 0.3) is 10.9 Å². The number of rotatable bonds is 5. The van der Waals surface area contributed by atoms with E-state index in [4.69, 9.17) is 9.47 Å². The highest BCUT2D eigenvalue weighted by molar-refractivity contribution is 6.00. The zero-order chi connectivity index (χ0) is 18.0. The van der Waals surface area contributed by atoms with Crippen LogP contribution >= 0.6 is 0 Å². The van der Waals surface area contributed by atoms with E-state index in [1.54, 1.807) is 0 Å². The maximum Gasteiger partial charge on any atom is 0.328 e. The van der Waals surface area contributed by atoms with Gasteiger partial charge in [0, 0.05) is 23.0 Å². The lowest BCUT2D eigenvalue weighted by molar-refractivity contribution is -0.156. The number of aliphatic imine (C=N–C) groups is 1. The predicted molar refractivity (Wildman–Crippen MR) is 93.3 cm³/mol. The Hall–Kier alpha value is -2.83. The van der Waals surface area contributed by atoms with Crippen molar-refractivity contribution in [2.45, 2.75) is 32.3 Å². The Balaban J connectivity index is 1.68. The van der Waals surface area contributed by atoms with Crippen molar-refractivity contribution in [3.8, 4) is 0 Å². The SMILES string of the molecule is C[C@H](c1c[nH]c2ccccc12)C(C)(C)OC(=O)CN=C1NC(=O)CO1. The van der Waals surface area contributed by atoms with Crippen molar-refractivity contribution in [1.29, 1.82) is 0 Å². The molecule has 3 rings (SSSR count). The average Bonchev–Trinajstić information content (AvgIpc) is 3.18. The van der Waals surface area contributed by atoms with E-state index in [1.807, 2.05) is 51.2 Å². The fourth-order valence-electron chi connectivity index (χ4n) is 2.79. The number of para-hydroxylation sites is 1. The molecule has 132 valence electrons. The standard InChI is InChI=1S/C18H21N3O4/c1-11(13-8-19-14-7-5-4-6-12(13)14)18(2,3)25-16(23)9-20-17-21-15(22)10-24-17/h4-8,11,19H,9-10H2,1-3H3,(H,20,21,22)/t11-/m1/s1. The quantitative estimate of drug-likeness (QED) is 0.813. The molecule has 2 heterocycles. The van der Waals surface area contributed by atoms with Crippen molar-refractivity contribution >= 4 is 28.8 Å². The Morgan fingerprint density at radius 3 is 2.88 bits per heavy atom. The van der Waals surface area contributed by atoms with Crippen LogP contribution in [0.4, 0.5) is 0 Å². The summed E-state index contributed by atoms with van der Waals surface area (Å²) in [6, 6.07) is 8.07. The van der Waals surface area contributed by atoms with Crippen molar-refractivity contribution in [2.75, 3.05) is 13.2 Å². The van der Waals surface area contributed by atoms with Crippen LogP contribution in [0.2, 0.25) is 0 Å². The van der Waals surface area contributed by atoms with Gasteiger partial charge in [0.05, 0.1) is 0 Å². The number of amidine groups is 1. The summed E-state index contributed by atoms with van der Waals surface area (Å²) in [5.41, 5.74) is 1.42. The van der Waals surface area contributed by atoms with E-state index in [0.717, 1.165) is 16.5 Å². The highest BCUT2D eigenvalue weighted by Crippen LogP contribution is 2.35. The highest BCUT2D eigenvalue weighted by Gasteiger charge is 2.32. The first-order valence-electron chi connectivity index (χ1n) is 8.12. The second-order valence-electron chi connectivity index (χ2n) is 6.55. The summed E-state index contributed by atoms with van der Waals surface area (Å²) in [6.07, 6.45) is 1.95. The number of hydrogen-bond acceptors (Lipinski definition) is 5. The first-order chi connectivity index (χ1) is 11.9. The maximum absolute atomic E-state index is 12.1. The molecule has 1 aromatic heterocycles. The number of esters is 1. The molecule has 1 saturated heterocycles. The molecule has 0 aliphatic carbocycles. The lowest BCUT2D eigenvalue weighted by Gasteiger charge is -2.31. The second-order valence-corrected chi connectivity index (χ2v) is 6.55. The van der Waals surface area contributed by atoms with Gasteiger partial charge < -0.3 is 14.5 Å². The minimum atomic E-state index is -0.720. The smallest absolute Gasteiger partial charge is 0.328 e. The summed E-state index contributed by atoms with van der Waals surface area (Å²) in [5, 5.41) is 3.53. The normalized spacial score (nSPS) is 17.4. The second kappa shape index (κ2) is 6.58. The fourth-order valence-corrected chi connectivity index (χ4v) is 2.79. The van der Waals surface area contributed by atoms with E-state index in [9.17, 15) is 9.59 Å². The molecule has 0 saturated carbocycles. The lowest BCUT2D eigenvalue weighted by atomic mass is 9.86. The summed E-state index contributed by atoms with van der Waals surface area (Å²) in [7, 11) is 0. The van der Waals surface area contributed by atoms with E-state index in [1.165, 1.54) is 0 Å². The van der Waals surface area contributed by atoms with Crippen LogP contribution in [0.15, 0.2) is 35.5 Å². The molecule has 1 fully saturated rings. The van der Waals surface area contributed by atoms with Crippen molar-refractivity contribution in [3.63, 3.8) is 0 Å². The van der Waals surface area contributed by atoms with Crippen molar-refractivity contribution in [3.05, 3.63) is 36.0 Å². The Morgan fingerprint density at radius 1 is 1.40 bits per heavy atom. The van der Waals surface area contributed by atoms with Gasteiger partial charge in [-0.1, -0.05) is 25.1 Å². The number of amides is 1. The van der Waals surface area contributed by atoms with Gasteiger partial charge in [0.1, 0.15) is 12.1 Å². The van der Waals surface area contributed by atoms with Gasteiger partial charge in [0.15, 0.2) is 6.61 Å². The van der Waals surface area contributed by atoms with Gasteiger partial charge in [-0.05, 0) is 25.5 Å². The largest absolute Gasteiger partial charge is 0.458 e. The number of carbonyl (C=O) groups is 2. The first-order valence-corrected chi connectivity index (χ1v) is 8.12. The van der Waals surface area contributed by atoms with Gasteiger partial charge >= 0.3 is 5.97 Å². The number of ether oxygens (including phenoxy) is 2. The molecule has 1 aliphatic heterocycles. The van der Waals surface area contributed by atoms with E-state index < -0.39 is 11.6 Å². The Labute approximate surface area is 145 Å². The molecule has 2 N–H and O–H groups in total. The van der Waals surface area contributed by atoms with Crippen LogP contribution in [0.1, 0.15) is 32.3 Å². The molecule has 0 radical (unpaired) electrons. The van der Waals surface area contributed by atoms with Gasteiger partial charge in [0.25, 0.3) is 11.9 Å². The molecule has 25 heavy (non-hydrogen) atoms. The van der Waals surface area contributed by atoms with Gasteiger partial charge in [-0.15, -0.1) is 0 Å². The van der Waals surface area contributed by atoms with Crippen LogP contribution < -0.4 is 5.32 Å². The first kappa shape index (κ1) is 17.0. The zero-order valence-corrected chi connectivity index (χ0v) is 14.5. The number of nitrogens with zero attached hydrogens (tertiary/aromatic N) is 1. The molecule has 1 amide bonds. The Bertz CT molecular complexity index is 838. The van der Waals surface area contributed by atoms with Crippen LogP contribution in [-0.2, 0) is 19.1 Å². The number of nitrogens with one attached hydrogen (secondary N) is 2. The summed E-state index contributed by atoms with van der Waals surface area (Å²) in [5.74, 6) is -0.781. The lowest BCUT2D eigenvalue weighted by Crippen LogP contribution is -2.35. The third-order valence-electron chi connectivity index (χ3n) is 4.45. The Morgan fingerprint density at radius 2 is 2.16 bits per heavy atom. The summed E-state index contributed by atoms with van der Waals surface area (Å²) in [6.45, 7) is 5.49. The number of carbonyl (C=O) groups excluding carboxylic acids is 2. The molecule has 1 aliphatic rings. The third-order valence-corrected chi connectivity index (χ3v) is 4.45. The highest BCUT2D eigenvalue weighted by atomic mass is 16.6. The van der Waals surface area contributed by atoms with E-state index in [-0.39, 0.29) is 31.0 Å². The van der Waals surface area contributed by atoms with Crippen LogP contribution in [0, 0.1) is 0 Å². The van der Waals surface area contributed by atoms with Crippen LogP contribution in [0.3, 0.4) is 0 Å². The molecule has 0 unspecified atom stereocenters. The molecule has 2 aromatic rings. The van der Waals surface area contributed by atoms with Gasteiger partial charge in [0.2, 0.25) is 0 Å². The number of H-pyrrole nitrogens is 1. The topological polar surface area (TPSA) is 92.8 Å². The van der Waals surface area contributed by atoms with Crippen molar-refractivity contribution in [1.82, 2.24) is 10.3 Å². The molecule has 0 bridgehead atoms. The third kappa shape index (κ3) is 3.65. The predicted octanol–water partition coefficient (Wildman–Crippen LogP) is 2.10. The molecular weight excluding hydrogens is 322 g/mol. The Kier molecular flexibility index (Phi) is 4.48. The number of aromatic nitrogens is 1. The number of benzene rings is 1. The number of fused-ring (bicyclic) bond motifs is 1. The number of hydrogen-bond donors (Lipinski definition) is 2. The van der Waals surface area contributed by atoms with Gasteiger partial charge in [-0.2, -0.15) is 0 Å². The molecule has 0 spiro atoms. The molecule has 7 nitrogen and oxygen atoms in total. The monoisotopic (exact) mass is 343 g/mol. The van der Waals surface area contributed by atoms with E-state index >= 15 is 0 Å². The average molecular weight is 343 g/mol. The number of aromatic amines is 1.